The highest BCUT2D eigenvalue weighted by Gasteiger charge is 2.19. The molecule has 26 heavy (non-hydrogen) atoms. The number of nitrogens with one attached hydrogen (secondary N) is 1. The van der Waals surface area contributed by atoms with E-state index in [1.807, 2.05) is 0 Å². The highest BCUT2D eigenvalue weighted by Crippen LogP contribution is 2.41. The van der Waals surface area contributed by atoms with Gasteiger partial charge in [-0.3, -0.25) is 14.9 Å². The van der Waals surface area contributed by atoms with Crippen LogP contribution in [0.3, 0.4) is 0 Å². The second-order valence-electron chi connectivity index (χ2n) is 5.31. The third-order valence-corrected chi connectivity index (χ3v) is 3.62. The van der Waals surface area contributed by atoms with E-state index in [9.17, 15) is 14.9 Å². The van der Waals surface area contributed by atoms with E-state index in [1.54, 1.807) is 24.3 Å². The summed E-state index contributed by atoms with van der Waals surface area (Å²) >= 11 is 0. The Balaban J connectivity index is 1.66. The van der Waals surface area contributed by atoms with Crippen molar-refractivity contribution < 1.29 is 23.9 Å². The fraction of sp³-hybridized carbons (Fsp3) is 0.176. The number of nitrogens with zero attached hydrogens (tertiary/aromatic N) is 2. The van der Waals surface area contributed by atoms with Gasteiger partial charge in [0.1, 0.15) is 0 Å². The minimum Gasteiger partial charge on any atom is -0.493 e. The molecule has 1 aliphatic heterocycles. The van der Waals surface area contributed by atoms with Crippen LogP contribution in [0.5, 0.6) is 17.2 Å². The van der Waals surface area contributed by atoms with Crippen LogP contribution in [0, 0.1) is 10.1 Å². The predicted octanol–water partition coefficient (Wildman–Crippen LogP) is 2.02. The van der Waals surface area contributed by atoms with Crippen molar-refractivity contribution in [2.24, 2.45) is 5.10 Å². The summed E-state index contributed by atoms with van der Waals surface area (Å²) in [6, 6.07) is 9.45. The summed E-state index contributed by atoms with van der Waals surface area (Å²) < 4.78 is 15.8. The number of amides is 1. The van der Waals surface area contributed by atoms with Crippen molar-refractivity contribution in [3.63, 3.8) is 0 Å². The summed E-state index contributed by atoms with van der Waals surface area (Å²) in [5.41, 5.74) is 3.19. The standard InChI is InChI=1S/C17H15N3O6/c1-24-14-6-11(7-15-17(14)26-10-25-15)9-18-19-16(21)8-12-4-2-3-5-13(12)20(22)23/h2-7,9H,8,10H2,1H3,(H,19,21). The second-order valence-corrected chi connectivity index (χ2v) is 5.31. The van der Waals surface area contributed by atoms with Gasteiger partial charge in [-0.1, -0.05) is 18.2 Å². The summed E-state index contributed by atoms with van der Waals surface area (Å²) in [7, 11) is 1.51. The molecule has 0 saturated carbocycles. The molecule has 2 aromatic carbocycles. The van der Waals surface area contributed by atoms with Crippen LogP contribution in [-0.2, 0) is 11.2 Å². The van der Waals surface area contributed by atoms with Gasteiger partial charge in [0.05, 0.1) is 24.7 Å². The topological polar surface area (TPSA) is 112 Å². The molecule has 0 fully saturated rings. The Kier molecular flexibility index (Phi) is 4.97. The zero-order valence-electron chi connectivity index (χ0n) is 13.8. The zero-order chi connectivity index (χ0) is 18.5. The van der Waals surface area contributed by atoms with Crippen molar-refractivity contribution in [2.75, 3.05) is 13.9 Å². The number of benzene rings is 2. The summed E-state index contributed by atoms with van der Waals surface area (Å²) in [5, 5.41) is 14.8. The van der Waals surface area contributed by atoms with Crippen molar-refractivity contribution in [1.29, 1.82) is 0 Å². The van der Waals surface area contributed by atoms with E-state index in [-0.39, 0.29) is 18.9 Å². The zero-order valence-corrected chi connectivity index (χ0v) is 13.8. The average Bonchev–Trinajstić information content (AvgIpc) is 3.10. The quantitative estimate of drug-likeness (QED) is 0.481. The van der Waals surface area contributed by atoms with E-state index in [1.165, 1.54) is 25.5 Å². The number of nitro benzene ring substituents is 1. The second kappa shape index (κ2) is 7.51. The summed E-state index contributed by atoms with van der Waals surface area (Å²) in [6.45, 7) is 0.110. The van der Waals surface area contributed by atoms with Crippen molar-refractivity contribution in [1.82, 2.24) is 5.43 Å². The van der Waals surface area contributed by atoms with E-state index in [0.29, 0.717) is 28.4 Å². The molecule has 134 valence electrons. The number of para-hydroxylation sites is 1. The molecule has 9 nitrogen and oxygen atoms in total. The number of hydrazone groups is 1. The maximum Gasteiger partial charge on any atom is 0.273 e. The third kappa shape index (κ3) is 3.72. The number of rotatable bonds is 6. The molecule has 1 amide bonds. The van der Waals surface area contributed by atoms with Gasteiger partial charge in [0.2, 0.25) is 18.4 Å². The molecule has 9 heteroatoms. The van der Waals surface area contributed by atoms with Crippen LogP contribution >= 0.6 is 0 Å². The molecule has 2 aromatic rings. The largest absolute Gasteiger partial charge is 0.493 e. The first-order chi connectivity index (χ1) is 12.6. The number of ether oxygens (including phenoxy) is 3. The van der Waals surface area contributed by atoms with E-state index >= 15 is 0 Å². The van der Waals surface area contributed by atoms with E-state index in [2.05, 4.69) is 10.5 Å². The lowest BCUT2D eigenvalue weighted by molar-refractivity contribution is -0.385. The lowest BCUT2D eigenvalue weighted by Crippen LogP contribution is -2.20. The Morgan fingerprint density at radius 2 is 2.19 bits per heavy atom. The average molecular weight is 357 g/mol. The van der Waals surface area contributed by atoms with Gasteiger partial charge in [-0.2, -0.15) is 5.10 Å². The van der Waals surface area contributed by atoms with Gasteiger partial charge in [0, 0.05) is 17.2 Å². The highest BCUT2D eigenvalue weighted by atomic mass is 16.7. The molecule has 1 aliphatic rings. The molecule has 0 atom stereocenters. The Morgan fingerprint density at radius 1 is 1.38 bits per heavy atom. The number of hydrogen-bond acceptors (Lipinski definition) is 7. The Morgan fingerprint density at radius 3 is 2.96 bits per heavy atom. The number of nitro groups is 1. The Bertz CT molecular complexity index is 881. The van der Waals surface area contributed by atoms with Crippen LogP contribution in [0.4, 0.5) is 5.69 Å². The summed E-state index contributed by atoms with van der Waals surface area (Å²) in [5.74, 6) is 1.07. The van der Waals surface area contributed by atoms with Crippen LogP contribution in [0.1, 0.15) is 11.1 Å². The molecule has 1 heterocycles. The number of carbonyl (C=O) groups is 1. The van der Waals surface area contributed by atoms with Gasteiger partial charge in [-0.25, -0.2) is 5.43 Å². The van der Waals surface area contributed by atoms with Gasteiger partial charge in [0.15, 0.2) is 11.5 Å². The van der Waals surface area contributed by atoms with Crippen LogP contribution in [0.15, 0.2) is 41.5 Å². The van der Waals surface area contributed by atoms with Crippen LogP contribution < -0.4 is 19.6 Å². The van der Waals surface area contributed by atoms with Gasteiger partial charge in [-0.15, -0.1) is 0 Å². The Hall–Kier alpha value is -3.62. The lowest BCUT2D eigenvalue weighted by atomic mass is 10.1. The normalized spacial score (nSPS) is 12.2. The molecule has 0 spiro atoms. The predicted molar refractivity (Wildman–Crippen MR) is 91.7 cm³/mol. The van der Waals surface area contributed by atoms with Gasteiger partial charge in [0.25, 0.3) is 5.69 Å². The first-order valence-electron chi connectivity index (χ1n) is 7.60. The number of methoxy groups -OCH3 is 1. The maximum atomic E-state index is 12.0. The SMILES string of the molecule is COc1cc(C=NNC(=O)Cc2ccccc2[N+](=O)[O-])cc2c1OCO2. The minimum absolute atomic E-state index is 0.105. The third-order valence-electron chi connectivity index (χ3n) is 3.62. The molecule has 0 saturated heterocycles. The van der Waals surface area contributed by atoms with Gasteiger partial charge in [-0.05, 0) is 12.1 Å². The van der Waals surface area contributed by atoms with Crippen LogP contribution in [0.2, 0.25) is 0 Å². The van der Waals surface area contributed by atoms with Gasteiger partial charge >= 0.3 is 0 Å². The fourth-order valence-electron chi connectivity index (χ4n) is 2.45. The van der Waals surface area contributed by atoms with Gasteiger partial charge < -0.3 is 14.2 Å². The monoisotopic (exact) mass is 357 g/mol. The number of fused-ring (bicyclic) bond motifs is 1. The lowest BCUT2D eigenvalue weighted by Gasteiger charge is -2.05. The molecule has 0 radical (unpaired) electrons. The maximum absolute atomic E-state index is 12.0. The van der Waals surface area contributed by atoms with Crippen molar-refractivity contribution >= 4 is 17.8 Å². The number of hydrogen-bond donors (Lipinski definition) is 1. The molecule has 1 N–H and O–H groups in total. The molecular weight excluding hydrogens is 342 g/mol. The van der Waals surface area contributed by atoms with Crippen LogP contribution in [-0.4, -0.2) is 30.9 Å². The molecule has 0 bridgehead atoms. The number of carbonyl (C=O) groups excluding carboxylic acids is 1. The molecule has 3 rings (SSSR count). The fourth-order valence-corrected chi connectivity index (χ4v) is 2.45. The van der Waals surface area contributed by atoms with Crippen LogP contribution in [0.25, 0.3) is 0 Å². The first kappa shape index (κ1) is 17.2. The molecule has 0 unspecified atom stereocenters. The highest BCUT2D eigenvalue weighted by molar-refractivity contribution is 5.85. The van der Waals surface area contributed by atoms with Crippen molar-refractivity contribution in [3.8, 4) is 17.2 Å². The van der Waals surface area contributed by atoms with E-state index in [4.69, 9.17) is 14.2 Å². The smallest absolute Gasteiger partial charge is 0.273 e. The van der Waals surface area contributed by atoms with E-state index in [0.717, 1.165) is 0 Å². The van der Waals surface area contributed by atoms with E-state index < -0.39 is 10.8 Å². The molecule has 0 aliphatic carbocycles. The molecule has 0 aromatic heterocycles. The Labute approximate surface area is 148 Å². The van der Waals surface area contributed by atoms with Crippen molar-refractivity contribution in [3.05, 3.63) is 57.6 Å². The summed E-state index contributed by atoms with van der Waals surface area (Å²) in [4.78, 5) is 22.4. The minimum atomic E-state index is -0.523. The first-order valence-corrected chi connectivity index (χ1v) is 7.60. The summed E-state index contributed by atoms with van der Waals surface area (Å²) in [6.07, 6.45) is 1.26. The molecular formula is C17H15N3O6. The van der Waals surface area contributed by atoms with Crippen molar-refractivity contribution in [2.45, 2.75) is 6.42 Å².